The van der Waals surface area contributed by atoms with Crippen LogP contribution in [-0.2, 0) is 11.2 Å². The Hall–Kier alpha value is -2.54. The Morgan fingerprint density at radius 3 is 3.04 bits per heavy atom. The van der Waals surface area contributed by atoms with E-state index in [4.69, 9.17) is 4.52 Å². The minimum atomic E-state index is -0.457. The summed E-state index contributed by atoms with van der Waals surface area (Å²) in [7, 11) is 0. The molecule has 0 saturated heterocycles. The first-order valence-electron chi connectivity index (χ1n) is 7.03. The second-order valence-electron chi connectivity index (χ2n) is 5.06. The van der Waals surface area contributed by atoms with E-state index in [0.717, 1.165) is 11.1 Å². The van der Waals surface area contributed by atoms with Gasteiger partial charge >= 0.3 is 0 Å². The maximum atomic E-state index is 13.6. The smallest absolute Gasteiger partial charge is 0.227 e. The first-order chi connectivity index (χ1) is 11.1. The van der Waals surface area contributed by atoms with E-state index in [1.165, 1.54) is 6.07 Å². The molecule has 0 aliphatic carbocycles. The molecule has 0 bridgehead atoms. The highest BCUT2D eigenvalue weighted by atomic mass is 32.1. The van der Waals surface area contributed by atoms with Gasteiger partial charge in [-0.25, -0.2) is 4.39 Å². The van der Waals surface area contributed by atoms with Gasteiger partial charge in [0.25, 0.3) is 0 Å². The third-order valence-electron chi connectivity index (χ3n) is 3.21. The third kappa shape index (κ3) is 3.81. The van der Waals surface area contributed by atoms with Crippen molar-refractivity contribution in [3.05, 3.63) is 52.3 Å². The Bertz CT molecular complexity index is 815. The molecule has 23 heavy (non-hydrogen) atoms. The quantitative estimate of drug-likeness (QED) is 0.772. The number of amides is 1. The number of thiophene rings is 1. The fourth-order valence-electron chi connectivity index (χ4n) is 2.03. The van der Waals surface area contributed by atoms with Crippen LogP contribution in [0.25, 0.3) is 11.4 Å². The van der Waals surface area contributed by atoms with Gasteiger partial charge in [0.1, 0.15) is 5.82 Å². The molecule has 1 amide bonds. The fraction of sp³-hybridized carbons (Fsp3) is 0.188. The van der Waals surface area contributed by atoms with Crippen LogP contribution in [0.2, 0.25) is 0 Å². The maximum Gasteiger partial charge on any atom is 0.227 e. The lowest BCUT2D eigenvalue weighted by Crippen LogP contribution is -2.13. The van der Waals surface area contributed by atoms with Crippen molar-refractivity contribution in [1.82, 2.24) is 10.1 Å². The molecule has 5 nitrogen and oxygen atoms in total. The molecule has 3 rings (SSSR count). The van der Waals surface area contributed by atoms with Crippen LogP contribution in [0, 0.1) is 12.7 Å². The standard InChI is InChI=1S/C16H14FN3O2S/c1-10-2-3-12(17)13(8-10)18-14(21)4-5-15-19-16(20-22-15)11-6-7-23-9-11/h2-3,6-9H,4-5H2,1H3,(H,18,21). The van der Waals surface area contributed by atoms with Crippen molar-refractivity contribution in [2.45, 2.75) is 19.8 Å². The molecule has 2 aromatic heterocycles. The van der Waals surface area contributed by atoms with Crippen molar-refractivity contribution in [2.75, 3.05) is 5.32 Å². The van der Waals surface area contributed by atoms with Crippen molar-refractivity contribution >= 4 is 22.9 Å². The average Bonchev–Trinajstić information content (AvgIpc) is 3.19. The SMILES string of the molecule is Cc1ccc(F)c(NC(=O)CCc2nc(-c3ccsc3)no2)c1. The van der Waals surface area contributed by atoms with Gasteiger partial charge in [0.2, 0.25) is 17.6 Å². The topological polar surface area (TPSA) is 68.0 Å². The number of benzene rings is 1. The number of aryl methyl sites for hydroxylation is 2. The molecule has 0 fully saturated rings. The molecule has 0 radical (unpaired) electrons. The average molecular weight is 331 g/mol. The highest BCUT2D eigenvalue weighted by Crippen LogP contribution is 2.19. The van der Waals surface area contributed by atoms with Gasteiger partial charge in [-0.3, -0.25) is 4.79 Å². The van der Waals surface area contributed by atoms with E-state index in [1.54, 1.807) is 23.5 Å². The molecule has 0 aliphatic heterocycles. The number of nitrogens with one attached hydrogen (secondary N) is 1. The molecule has 0 atom stereocenters. The Morgan fingerprint density at radius 2 is 2.26 bits per heavy atom. The molecule has 0 aliphatic rings. The summed E-state index contributed by atoms with van der Waals surface area (Å²) >= 11 is 1.54. The third-order valence-corrected chi connectivity index (χ3v) is 3.89. The van der Waals surface area contributed by atoms with Crippen molar-refractivity contribution in [3.63, 3.8) is 0 Å². The second kappa shape index (κ2) is 6.70. The van der Waals surface area contributed by atoms with Crippen LogP contribution in [-0.4, -0.2) is 16.0 Å². The molecular weight excluding hydrogens is 317 g/mol. The molecule has 3 aromatic rings. The first-order valence-corrected chi connectivity index (χ1v) is 7.97. The molecular formula is C16H14FN3O2S. The van der Waals surface area contributed by atoms with Crippen molar-refractivity contribution in [2.24, 2.45) is 0 Å². The molecule has 0 saturated carbocycles. The molecule has 1 aromatic carbocycles. The van der Waals surface area contributed by atoms with Crippen molar-refractivity contribution in [1.29, 1.82) is 0 Å². The van der Waals surface area contributed by atoms with Crippen LogP contribution in [0.1, 0.15) is 17.9 Å². The number of carbonyl (C=O) groups excluding carboxylic acids is 1. The van der Waals surface area contributed by atoms with Gasteiger partial charge in [-0.1, -0.05) is 11.2 Å². The monoisotopic (exact) mass is 331 g/mol. The summed E-state index contributed by atoms with van der Waals surface area (Å²) in [6.07, 6.45) is 0.440. The largest absolute Gasteiger partial charge is 0.339 e. The van der Waals surface area contributed by atoms with Crippen LogP contribution >= 0.6 is 11.3 Å². The highest BCUT2D eigenvalue weighted by Gasteiger charge is 2.12. The van der Waals surface area contributed by atoms with Gasteiger partial charge in [-0.2, -0.15) is 16.3 Å². The number of hydrogen-bond donors (Lipinski definition) is 1. The predicted molar refractivity (Wildman–Crippen MR) is 85.7 cm³/mol. The Labute approximate surface area is 136 Å². The van der Waals surface area contributed by atoms with E-state index in [9.17, 15) is 9.18 Å². The number of rotatable bonds is 5. The van der Waals surface area contributed by atoms with E-state index in [-0.39, 0.29) is 18.0 Å². The minimum absolute atomic E-state index is 0.138. The van der Waals surface area contributed by atoms with E-state index >= 15 is 0 Å². The van der Waals surface area contributed by atoms with Crippen LogP contribution in [0.15, 0.2) is 39.5 Å². The molecule has 0 spiro atoms. The van der Waals surface area contributed by atoms with Crippen LogP contribution in [0.3, 0.4) is 0 Å². The zero-order valence-corrected chi connectivity index (χ0v) is 13.2. The van der Waals surface area contributed by atoms with Crippen LogP contribution in [0.4, 0.5) is 10.1 Å². The number of hydrogen-bond acceptors (Lipinski definition) is 5. The van der Waals surface area contributed by atoms with Crippen molar-refractivity contribution < 1.29 is 13.7 Å². The molecule has 1 N–H and O–H groups in total. The summed E-state index contributed by atoms with van der Waals surface area (Å²) in [5.41, 5.74) is 1.94. The van der Waals surface area contributed by atoms with Gasteiger partial charge < -0.3 is 9.84 Å². The maximum absolute atomic E-state index is 13.6. The Kier molecular flexibility index (Phi) is 4.47. The zero-order valence-electron chi connectivity index (χ0n) is 12.4. The number of aromatic nitrogens is 2. The minimum Gasteiger partial charge on any atom is -0.339 e. The number of nitrogens with zero attached hydrogens (tertiary/aromatic N) is 2. The first kappa shape index (κ1) is 15.4. The summed E-state index contributed by atoms with van der Waals surface area (Å²) in [5, 5.41) is 10.3. The lowest BCUT2D eigenvalue weighted by atomic mass is 10.2. The summed E-state index contributed by atoms with van der Waals surface area (Å²) in [4.78, 5) is 16.2. The summed E-state index contributed by atoms with van der Waals surface area (Å²) in [5.74, 6) is 0.128. The fourth-order valence-corrected chi connectivity index (χ4v) is 2.67. The van der Waals surface area contributed by atoms with Crippen molar-refractivity contribution in [3.8, 4) is 11.4 Å². The van der Waals surface area contributed by atoms with Gasteiger partial charge in [0, 0.05) is 23.8 Å². The normalized spacial score (nSPS) is 10.7. The van der Waals surface area contributed by atoms with E-state index < -0.39 is 5.82 Å². The molecule has 0 unspecified atom stereocenters. The summed E-state index contributed by atoms with van der Waals surface area (Å²) in [6.45, 7) is 1.83. The number of anilines is 1. The van der Waals surface area contributed by atoms with Crippen LogP contribution < -0.4 is 5.32 Å². The molecule has 118 valence electrons. The predicted octanol–water partition coefficient (Wildman–Crippen LogP) is 3.82. The Morgan fingerprint density at radius 1 is 1.39 bits per heavy atom. The van der Waals surface area contributed by atoms with E-state index in [1.807, 2.05) is 23.8 Å². The zero-order chi connectivity index (χ0) is 16.2. The lowest BCUT2D eigenvalue weighted by molar-refractivity contribution is -0.116. The summed E-state index contributed by atoms with van der Waals surface area (Å²) in [6, 6.07) is 6.46. The van der Waals surface area contributed by atoms with Crippen LogP contribution in [0.5, 0.6) is 0 Å². The second-order valence-corrected chi connectivity index (χ2v) is 5.84. The van der Waals surface area contributed by atoms with E-state index in [0.29, 0.717) is 18.1 Å². The van der Waals surface area contributed by atoms with Gasteiger partial charge in [-0.05, 0) is 36.1 Å². The van der Waals surface area contributed by atoms with Gasteiger partial charge in [0.05, 0.1) is 5.69 Å². The van der Waals surface area contributed by atoms with E-state index in [2.05, 4.69) is 15.5 Å². The summed E-state index contributed by atoms with van der Waals surface area (Å²) < 4.78 is 18.7. The number of halogens is 1. The number of carbonyl (C=O) groups is 1. The van der Waals surface area contributed by atoms with Gasteiger partial charge in [0.15, 0.2) is 0 Å². The molecule has 7 heteroatoms. The molecule has 2 heterocycles. The highest BCUT2D eigenvalue weighted by molar-refractivity contribution is 7.08. The lowest BCUT2D eigenvalue weighted by Gasteiger charge is -2.06. The van der Waals surface area contributed by atoms with Gasteiger partial charge in [-0.15, -0.1) is 0 Å². The Balaban J connectivity index is 1.58.